The molecule has 0 unspecified atom stereocenters. The zero-order valence-electron chi connectivity index (χ0n) is 10.0. The maximum absolute atomic E-state index is 11.6. The Morgan fingerprint density at radius 3 is 1.19 bits per heavy atom. The summed E-state index contributed by atoms with van der Waals surface area (Å²) in [7, 11) is 6.78. The van der Waals surface area contributed by atoms with Crippen LogP contribution in [0.3, 0.4) is 0 Å². The third-order valence-corrected chi connectivity index (χ3v) is 2.19. The average Bonchev–Trinajstić information content (AvgIpc) is 2.27. The van der Waals surface area contributed by atoms with Crippen molar-refractivity contribution in [3.8, 4) is 0 Å². The Morgan fingerprint density at radius 2 is 1.00 bits per heavy atom. The predicted octanol–water partition coefficient (Wildman–Crippen LogP) is 1.09. The summed E-state index contributed by atoms with van der Waals surface area (Å²) in [5, 5.41) is 0. The van der Waals surface area contributed by atoms with Crippen molar-refractivity contribution < 1.29 is 9.59 Å². The summed E-state index contributed by atoms with van der Waals surface area (Å²) in [6, 6.07) is 6.66. The molecule has 0 radical (unpaired) electrons. The first-order valence-electron chi connectivity index (χ1n) is 4.97. The van der Waals surface area contributed by atoms with E-state index in [0.717, 1.165) is 0 Å². The van der Waals surface area contributed by atoms with Crippen molar-refractivity contribution in [2.75, 3.05) is 28.2 Å². The summed E-state index contributed by atoms with van der Waals surface area (Å²) in [6.45, 7) is 0. The molecule has 2 amide bonds. The van der Waals surface area contributed by atoms with Crippen LogP contribution in [0.5, 0.6) is 0 Å². The Balaban J connectivity index is 2.92. The number of carbonyl (C=O) groups excluding carboxylic acids is 2. The molecule has 86 valence electrons. The van der Waals surface area contributed by atoms with Crippen molar-refractivity contribution in [2.45, 2.75) is 0 Å². The molecule has 0 heterocycles. The molecular weight excluding hydrogens is 204 g/mol. The van der Waals surface area contributed by atoms with Crippen molar-refractivity contribution in [2.24, 2.45) is 0 Å². The molecule has 0 spiro atoms. The SMILES string of the molecule is CN(C)C(=O)c1ccc(C(=O)N(C)C)cc1. The molecule has 0 aliphatic heterocycles. The highest BCUT2D eigenvalue weighted by Crippen LogP contribution is 2.07. The van der Waals surface area contributed by atoms with Gasteiger partial charge in [0.15, 0.2) is 0 Å². The Hall–Kier alpha value is -1.84. The lowest BCUT2D eigenvalue weighted by atomic mass is 10.1. The van der Waals surface area contributed by atoms with Gasteiger partial charge in [-0.3, -0.25) is 9.59 Å². The fraction of sp³-hybridized carbons (Fsp3) is 0.333. The number of rotatable bonds is 2. The van der Waals surface area contributed by atoms with Gasteiger partial charge in [0.25, 0.3) is 11.8 Å². The van der Waals surface area contributed by atoms with E-state index < -0.39 is 0 Å². The standard InChI is InChI=1S/C12H16N2O2/c1-13(2)11(15)9-5-7-10(8-6-9)12(16)14(3)4/h5-8H,1-4H3. The zero-order chi connectivity index (χ0) is 12.3. The molecule has 0 saturated heterocycles. The molecule has 0 bridgehead atoms. The third kappa shape index (κ3) is 2.59. The molecule has 0 aliphatic carbocycles. The highest BCUT2D eigenvalue weighted by atomic mass is 16.2. The van der Waals surface area contributed by atoms with Crippen LogP contribution in [0.25, 0.3) is 0 Å². The second kappa shape index (κ2) is 4.79. The van der Waals surface area contributed by atoms with Gasteiger partial charge in [-0.25, -0.2) is 0 Å². The van der Waals surface area contributed by atoms with Crippen LogP contribution in [-0.2, 0) is 0 Å². The van der Waals surface area contributed by atoms with E-state index in [2.05, 4.69) is 0 Å². The van der Waals surface area contributed by atoms with Crippen LogP contribution >= 0.6 is 0 Å². The maximum Gasteiger partial charge on any atom is 0.253 e. The molecule has 4 heteroatoms. The van der Waals surface area contributed by atoms with E-state index in [1.165, 1.54) is 9.80 Å². The summed E-state index contributed by atoms with van der Waals surface area (Å²) in [5.74, 6) is -0.132. The summed E-state index contributed by atoms with van der Waals surface area (Å²) in [6.07, 6.45) is 0. The van der Waals surface area contributed by atoms with Crippen LogP contribution in [-0.4, -0.2) is 49.8 Å². The number of hydrogen-bond acceptors (Lipinski definition) is 2. The minimum atomic E-state index is -0.0659. The lowest BCUT2D eigenvalue weighted by Crippen LogP contribution is -2.23. The van der Waals surface area contributed by atoms with Gasteiger partial charge in [-0.15, -0.1) is 0 Å². The maximum atomic E-state index is 11.6. The number of amides is 2. The smallest absolute Gasteiger partial charge is 0.253 e. The van der Waals surface area contributed by atoms with Gasteiger partial charge in [-0.1, -0.05) is 0 Å². The average molecular weight is 220 g/mol. The molecule has 0 aromatic heterocycles. The van der Waals surface area contributed by atoms with Crippen molar-refractivity contribution in [1.29, 1.82) is 0 Å². The first kappa shape index (κ1) is 12.2. The van der Waals surface area contributed by atoms with E-state index in [0.29, 0.717) is 11.1 Å². The Morgan fingerprint density at radius 1 is 0.750 bits per heavy atom. The Bertz CT molecular complexity index is 355. The molecule has 0 saturated carbocycles. The lowest BCUT2D eigenvalue weighted by Gasteiger charge is -2.12. The second-order valence-electron chi connectivity index (χ2n) is 3.98. The van der Waals surface area contributed by atoms with E-state index in [9.17, 15) is 9.59 Å². The zero-order valence-corrected chi connectivity index (χ0v) is 10.0. The summed E-state index contributed by atoms with van der Waals surface area (Å²) >= 11 is 0. The quantitative estimate of drug-likeness (QED) is 0.748. The first-order chi connectivity index (χ1) is 7.43. The van der Waals surface area contributed by atoms with Gasteiger partial charge in [0, 0.05) is 39.3 Å². The molecule has 1 aromatic carbocycles. The van der Waals surface area contributed by atoms with Crippen LogP contribution in [0.2, 0.25) is 0 Å². The van der Waals surface area contributed by atoms with Crippen LogP contribution in [0.4, 0.5) is 0 Å². The van der Waals surface area contributed by atoms with E-state index in [-0.39, 0.29) is 11.8 Å². The molecule has 0 atom stereocenters. The van der Waals surface area contributed by atoms with Gasteiger partial charge in [-0.05, 0) is 24.3 Å². The Labute approximate surface area is 95.5 Å². The number of carbonyl (C=O) groups is 2. The van der Waals surface area contributed by atoms with Gasteiger partial charge in [-0.2, -0.15) is 0 Å². The highest BCUT2D eigenvalue weighted by Gasteiger charge is 2.10. The largest absolute Gasteiger partial charge is 0.345 e. The highest BCUT2D eigenvalue weighted by molar-refractivity contribution is 5.97. The topological polar surface area (TPSA) is 40.6 Å². The van der Waals surface area contributed by atoms with E-state index in [1.54, 1.807) is 52.5 Å². The van der Waals surface area contributed by atoms with Gasteiger partial charge < -0.3 is 9.80 Å². The van der Waals surface area contributed by atoms with E-state index >= 15 is 0 Å². The van der Waals surface area contributed by atoms with Crippen LogP contribution in [0, 0.1) is 0 Å². The molecular formula is C12H16N2O2. The van der Waals surface area contributed by atoms with Crippen molar-refractivity contribution in [3.05, 3.63) is 35.4 Å². The van der Waals surface area contributed by atoms with Crippen molar-refractivity contribution >= 4 is 11.8 Å². The molecule has 4 nitrogen and oxygen atoms in total. The second-order valence-corrected chi connectivity index (χ2v) is 3.98. The number of hydrogen-bond donors (Lipinski definition) is 0. The van der Waals surface area contributed by atoms with Gasteiger partial charge >= 0.3 is 0 Å². The Kier molecular flexibility index (Phi) is 3.66. The first-order valence-corrected chi connectivity index (χ1v) is 4.97. The van der Waals surface area contributed by atoms with Gasteiger partial charge in [0.1, 0.15) is 0 Å². The van der Waals surface area contributed by atoms with Gasteiger partial charge in [0.05, 0.1) is 0 Å². The number of nitrogens with zero attached hydrogens (tertiary/aromatic N) is 2. The van der Waals surface area contributed by atoms with E-state index in [4.69, 9.17) is 0 Å². The third-order valence-electron chi connectivity index (χ3n) is 2.19. The van der Waals surface area contributed by atoms with Crippen LogP contribution < -0.4 is 0 Å². The van der Waals surface area contributed by atoms with Crippen molar-refractivity contribution in [3.63, 3.8) is 0 Å². The molecule has 1 aromatic rings. The fourth-order valence-electron chi connectivity index (χ4n) is 1.27. The molecule has 16 heavy (non-hydrogen) atoms. The predicted molar refractivity (Wildman–Crippen MR) is 62.5 cm³/mol. The molecule has 0 N–H and O–H groups in total. The van der Waals surface area contributed by atoms with Crippen LogP contribution in [0.1, 0.15) is 20.7 Å². The number of benzene rings is 1. The minimum Gasteiger partial charge on any atom is -0.345 e. The normalized spacial score (nSPS) is 9.75. The fourth-order valence-corrected chi connectivity index (χ4v) is 1.27. The van der Waals surface area contributed by atoms with Crippen LogP contribution in [0.15, 0.2) is 24.3 Å². The lowest BCUT2D eigenvalue weighted by molar-refractivity contribution is 0.0816. The summed E-state index contributed by atoms with van der Waals surface area (Å²) < 4.78 is 0. The van der Waals surface area contributed by atoms with E-state index in [1.807, 2.05) is 0 Å². The van der Waals surface area contributed by atoms with Crippen molar-refractivity contribution in [1.82, 2.24) is 9.80 Å². The molecule has 0 fully saturated rings. The summed E-state index contributed by atoms with van der Waals surface area (Å²) in [4.78, 5) is 26.2. The molecule has 1 rings (SSSR count). The van der Waals surface area contributed by atoms with Gasteiger partial charge in [0.2, 0.25) is 0 Å². The summed E-state index contributed by atoms with van der Waals surface area (Å²) in [5.41, 5.74) is 1.17. The minimum absolute atomic E-state index is 0.0659. The monoisotopic (exact) mass is 220 g/mol. The molecule has 0 aliphatic rings.